The van der Waals surface area contributed by atoms with Crippen molar-refractivity contribution in [1.82, 2.24) is 0 Å². The van der Waals surface area contributed by atoms with E-state index in [2.05, 4.69) is 17.8 Å². The fraction of sp³-hybridized carbons (Fsp3) is 0.846. The molecular weight excluding hydrogens is 202 g/mol. The third kappa shape index (κ3) is 3.25. The maximum atomic E-state index is 6.40. The number of hydrogen-bond donors (Lipinski definition) is 1. The maximum Gasteiger partial charge on any atom is 0.0374 e. The fourth-order valence-electron chi connectivity index (χ4n) is 2.63. The Labute approximate surface area is 97.9 Å². The molecule has 0 amide bonds. The molecule has 86 valence electrons. The van der Waals surface area contributed by atoms with Crippen LogP contribution in [0.25, 0.3) is 0 Å². The Bertz CT molecular complexity index is 219. The molecule has 1 fully saturated rings. The van der Waals surface area contributed by atoms with Crippen LogP contribution in [0.3, 0.4) is 0 Å². The topological polar surface area (TPSA) is 26.0 Å². The van der Waals surface area contributed by atoms with Crippen LogP contribution in [0.4, 0.5) is 0 Å². The summed E-state index contributed by atoms with van der Waals surface area (Å²) in [4.78, 5) is 0. The van der Waals surface area contributed by atoms with Crippen LogP contribution in [0.5, 0.6) is 0 Å². The van der Waals surface area contributed by atoms with Crippen LogP contribution < -0.4 is 5.73 Å². The zero-order valence-corrected chi connectivity index (χ0v) is 10.4. The highest BCUT2D eigenvalue weighted by Gasteiger charge is 2.23. The number of rotatable bonds is 2. The Balaban J connectivity index is 1.92. The Morgan fingerprint density at radius 1 is 1.20 bits per heavy atom. The highest BCUT2D eigenvalue weighted by atomic mass is 32.2. The molecule has 0 radical (unpaired) electrons. The molecule has 2 unspecified atom stereocenters. The third-order valence-electron chi connectivity index (χ3n) is 3.62. The Morgan fingerprint density at radius 3 is 2.93 bits per heavy atom. The maximum absolute atomic E-state index is 6.40. The van der Waals surface area contributed by atoms with Gasteiger partial charge in [-0.1, -0.05) is 24.5 Å². The van der Waals surface area contributed by atoms with E-state index in [0.29, 0.717) is 11.3 Å². The van der Waals surface area contributed by atoms with Crippen molar-refractivity contribution in [2.24, 2.45) is 5.73 Å². The summed E-state index contributed by atoms with van der Waals surface area (Å²) in [6.45, 7) is 0. The molecule has 1 aliphatic carbocycles. The molecule has 0 saturated carbocycles. The van der Waals surface area contributed by atoms with Crippen molar-refractivity contribution in [2.75, 3.05) is 5.75 Å². The Kier molecular flexibility index (Phi) is 4.58. The van der Waals surface area contributed by atoms with Gasteiger partial charge in [0.25, 0.3) is 0 Å². The van der Waals surface area contributed by atoms with Gasteiger partial charge in [-0.25, -0.2) is 0 Å². The van der Waals surface area contributed by atoms with Gasteiger partial charge < -0.3 is 5.73 Å². The lowest BCUT2D eigenvalue weighted by atomic mass is 9.97. The van der Waals surface area contributed by atoms with Crippen LogP contribution in [-0.2, 0) is 0 Å². The Hall–Kier alpha value is 0.0500. The van der Waals surface area contributed by atoms with Gasteiger partial charge in [-0.05, 0) is 44.3 Å². The first kappa shape index (κ1) is 11.5. The fourth-order valence-corrected chi connectivity index (χ4v) is 4.02. The van der Waals surface area contributed by atoms with Gasteiger partial charge in [-0.15, -0.1) is 0 Å². The lowest BCUT2D eigenvalue weighted by Gasteiger charge is -2.28. The van der Waals surface area contributed by atoms with Crippen LogP contribution >= 0.6 is 11.8 Å². The summed E-state index contributed by atoms with van der Waals surface area (Å²) < 4.78 is 0. The summed E-state index contributed by atoms with van der Waals surface area (Å²) >= 11 is 2.11. The van der Waals surface area contributed by atoms with Gasteiger partial charge in [0.1, 0.15) is 0 Å². The highest BCUT2D eigenvalue weighted by Crippen LogP contribution is 2.31. The summed E-state index contributed by atoms with van der Waals surface area (Å²) in [5, 5.41) is 0.711. The van der Waals surface area contributed by atoms with E-state index in [1.54, 1.807) is 5.57 Å². The normalized spacial score (nSPS) is 30.5. The molecule has 0 spiro atoms. The molecule has 2 rings (SSSR count). The van der Waals surface area contributed by atoms with Gasteiger partial charge >= 0.3 is 0 Å². The number of thioether (sulfide) groups is 1. The quantitative estimate of drug-likeness (QED) is 0.728. The molecule has 1 saturated heterocycles. The molecule has 0 bridgehead atoms. The number of allylic oxidation sites excluding steroid dienone is 1. The number of hydrogen-bond acceptors (Lipinski definition) is 2. The number of nitrogens with two attached hydrogens (primary N) is 1. The second-order valence-electron chi connectivity index (χ2n) is 4.81. The predicted molar refractivity (Wildman–Crippen MR) is 69.2 cm³/mol. The van der Waals surface area contributed by atoms with Gasteiger partial charge in [0.15, 0.2) is 0 Å². The summed E-state index contributed by atoms with van der Waals surface area (Å²) in [6.07, 6.45) is 13.2. The molecule has 0 aromatic heterocycles. The van der Waals surface area contributed by atoms with Crippen LogP contribution in [0, 0.1) is 0 Å². The van der Waals surface area contributed by atoms with Gasteiger partial charge in [-0.2, -0.15) is 11.8 Å². The van der Waals surface area contributed by atoms with Crippen molar-refractivity contribution in [1.29, 1.82) is 0 Å². The van der Waals surface area contributed by atoms with Gasteiger partial charge in [0.2, 0.25) is 0 Å². The average Bonchev–Trinajstić information content (AvgIpc) is 2.58. The summed E-state index contributed by atoms with van der Waals surface area (Å²) in [5.74, 6) is 1.33. The molecule has 1 nitrogen and oxygen atoms in total. The Morgan fingerprint density at radius 2 is 2.13 bits per heavy atom. The van der Waals surface area contributed by atoms with Crippen molar-refractivity contribution in [3.63, 3.8) is 0 Å². The van der Waals surface area contributed by atoms with E-state index in [1.165, 1.54) is 57.1 Å². The lowest BCUT2D eigenvalue weighted by Crippen LogP contribution is -2.36. The van der Waals surface area contributed by atoms with Crippen LogP contribution in [0.15, 0.2) is 11.6 Å². The van der Waals surface area contributed by atoms with E-state index < -0.39 is 0 Å². The molecule has 2 N–H and O–H groups in total. The molecule has 2 aliphatic rings. The van der Waals surface area contributed by atoms with Crippen LogP contribution in [-0.4, -0.2) is 17.0 Å². The van der Waals surface area contributed by atoms with E-state index in [1.807, 2.05) is 0 Å². The van der Waals surface area contributed by atoms with E-state index in [4.69, 9.17) is 5.73 Å². The van der Waals surface area contributed by atoms with Crippen molar-refractivity contribution >= 4 is 11.8 Å². The first-order chi connectivity index (χ1) is 7.38. The predicted octanol–water partition coefficient (Wildman–Crippen LogP) is 3.49. The first-order valence-corrected chi connectivity index (χ1v) is 7.49. The highest BCUT2D eigenvalue weighted by molar-refractivity contribution is 8.00. The second kappa shape index (κ2) is 5.95. The smallest absolute Gasteiger partial charge is 0.0374 e. The minimum Gasteiger partial charge on any atom is -0.323 e. The van der Waals surface area contributed by atoms with E-state index in [0.717, 1.165) is 0 Å². The first-order valence-electron chi connectivity index (χ1n) is 6.44. The summed E-state index contributed by atoms with van der Waals surface area (Å²) in [5.41, 5.74) is 7.97. The minimum atomic E-state index is 0.355. The van der Waals surface area contributed by atoms with Gasteiger partial charge in [0, 0.05) is 11.3 Å². The van der Waals surface area contributed by atoms with Crippen LogP contribution in [0.2, 0.25) is 0 Å². The molecule has 0 aromatic carbocycles. The average molecular weight is 225 g/mol. The van der Waals surface area contributed by atoms with Crippen molar-refractivity contribution < 1.29 is 0 Å². The molecule has 0 aromatic rings. The summed E-state index contributed by atoms with van der Waals surface area (Å²) in [7, 11) is 0. The standard InChI is InChI=1S/C13H23NS/c14-13(12-9-5-6-10-15-12)11-7-3-1-2-4-8-11/h7,12-13H,1-6,8-10,14H2. The summed E-state index contributed by atoms with van der Waals surface area (Å²) in [6, 6.07) is 0.355. The molecule has 1 aliphatic heterocycles. The minimum absolute atomic E-state index is 0.355. The van der Waals surface area contributed by atoms with E-state index in [9.17, 15) is 0 Å². The largest absolute Gasteiger partial charge is 0.323 e. The zero-order valence-electron chi connectivity index (χ0n) is 9.58. The van der Waals surface area contributed by atoms with Crippen molar-refractivity contribution in [2.45, 2.75) is 62.7 Å². The molecule has 2 atom stereocenters. The second-order valence-corrected chi connectivity index (χ2v) is 6.16. The van der Waals surface area contributed by atoms with E-state index in [-0.39, 0.29) is 0 Å². The SMILES string of the molecule is NC(C1=CCCCCC1)C1CCCCS1. The van der Waals surface area contributed by atoms with Crippen molar-refractivity contribution in [3.8, 4) is 0 Å². The van der Waals surface area contributed by atoms with Gasteiger partial charge in [0.05, 0.1) is 0 Å². The monoisotopic (exact) mass is 225 g/mol. The van der Waals surface area contributed by atoms with Crippen molar-refractivity contribution in [3.05, 3.63) is 11.6 Å². The zero-order chi connectivity index (χ0) is 10.5. The molecule has 15 heavy (non-hydrogen) atoms. The third-order valence-corrected chi connectivity index (χ3v) is 5.10. The van der Waals surface area contributed by atoms with E-state index >= 15 is 0 Å². The lowest BCUT2D eigenvalue weighted by molar-refractivity contribution is 0.587. The molecular formula is C13H23NS. The molecule has 2 heteroatoms. The molecule has 1 heterocycles. The van der Waals surface area contributed by atoms with Crippen LogP contribution in [0.1, 0.15) is 51.4 Å². The van der Waals surface area contributed by atoms with Gasteiger partial charge in [-0.3, -0.25) is 0 Å².